The molecule has 1 aromatic carbocycles. The molecule has 7 nitrogen and oxygen atoms in total. The maximum absolute atomic E-state index is 12.2. The average Bonchev–Trinajstić information content (AvgIpc) is 2.46. The van der Waals surface area contributed by atoms with Crippen molar-refractivity contribution in [1.82, 2.24) is 10.2 Å². The summed E-state index contributed by atoms with van der Waals surface area (Å²) in [6.45, 7) is 2.70. The van der Waals surface area contributed by atoms with Crippen LogP contribution >= 0.6 is 0 Å². The quantitative estimate of drug-likeness (QED) is 0.745. The van der Waals surface area contributed by atoms with E-state index in [0.29, 0.717) is 24.5 Å². The van der Waals surface area contributed by atoms with Crippen molar-refractivity contribution in [1.29, 1.82) is 0 Å². The molecule has 23 heavy (non-hydrogen) atoms. The van der Waals surface area contributed by atoms with Crippen LogP contribution in [0.25, 0.3) is 0 Å². The molecule has 0 aliphatic carbocycles. The summed E-state index contributed by atoms with van der Waals surface area (Å²) < 4.78 is 30.4. The molecule has 1 unspecified atom stereocenters. The standard InChI is InChI=1S/C15H25N3O4S/c1-12(15(19)16-10-11-17(2)3)18(23(5,20)21)13-6-8-14(22-4)9-7-13/h6-9,12H,10-11H2,1-5H3,(H,16,19). The first-order valence-corrected chi connectivity index (χ1v) is 9.07. The Labute approximate surface area is 138 Å². The van der Waals surface area contributed by atoms with E-state index in [1.807, 2.05) is 19.0 Å². The summed E-state index contributed by atoms with van der Waals surface area (Å²) in [5.74, 6) is 0.276. The number of methoxy groups -OCH3 is 1. The van der Waals surface area contributed by atoms with Gasteiger partial charge in [0.2, 0.25) is 15.9 Å². The Bertz CT molecular complexity index is 614. The molecule has 0 fully saturated rings. The molecule has 0 radical (unpaired) electrons. The van der Waals surface area contributed by atoms with E-state index in [9.17, 15) is 13.2 Å². The summed E-state index contributed by atoms with van der Waals surface area (Å²) in [5.41, 5.74) is 0.420. The highest BCUT2D eigenvalue weighted by molar-refractivity contribution is 7.92. The molecule has 130 valence electrons. The normalized spacial score (nSPS) is 12.8. The van der Waals surface area contributed by atoms with Crippen molar-refractivity contribution >= 4 is 21.6 Å². The Morgan fingerprint density at radius 1 is 1.26 bits per heavy atom. The van der Waals surface area contributed by atoms with Gasteiger partial charge in [-0.1, -0.05) is 0 Å². The third kappa shape index (κ3) is 5.72. The number of benzene rings is 1. The number of likely N-dealkylation sites (N-methyl/N-ethyl adjacent to an activating group) is 1. The molecule has 0 aromatic heterocycles. The number of nitrogens with one attached hydrogen (secondary N) is 1. The Balaban J connectivity index is 2.95. The van der Waals surface area contributed by atoms with E-state index in [1.54, 1.807) is 31.2 Å². The Hall–Kier alpha value is -1.80. The zero-order valence-electron chi connectivity index (χ0n) is 14.2. The van der Waals surface area contributed by atoms with Gasteiger partial charge in [0.1, 0.15) is 11.8 Å². The molecule has 8 heteroatoms. The van der Waals surface area contributed by atoms with Crippen molar-refractivity contribution in [3.63, 3.8) is 0 Å². The first kappa shape index (κ1) is 19.2. The Morgan fingerprint density at radius 3 is 2.26 bits per heavy atom. The van der Waals surface area contributed by atoms with Gasteiger partial charge in [0.15, 0.2) is 0 Å². The first-order chi connectivity index (χ1) is 10.7. The lowest BCUT2D eigenvalue weighted by Gasteiger charge is -2.28. The molecule has 0 aliphatic heterocycles. The predicted octanol–water partition coefficient (Wildman–Crippen LogP) is 0.528. The number of anilines is 1. The van der Waals surface area contributed by atoms with Crippen molar-refractivity contribution in [2.45, 2.75) is 13.0 Å². The summed E-state index contributed by atoms with van der Waals surface area (Å²) >= 11 is 0. The summed E-state index contributed by atoms with van der Waals surface area (Å²) in [7, 11) is 1.73. The molecular formula is C15H25N3O4S. The van der Waals surface area contributed by atoms with Crippen LogP contribution in [0, 0.1) is 0 Å². The van der Waals surface area contributed by atoms with Gasteiger partial charge in [0.05, 0.1) is 19.1 Å². The number of hydrogen-bond acceptors (Lipinski definition) is 5. The van der Waals surface area contributed by atoms with Crippen molar-refractivity contribution < 1.29 is 17.9 Å². The predicted molar refractivity (Wildman–Crippen MR) is 91.3 cm³/mol. The van der Waals surface area contributed by atoms with Gasteiger partial charge in [0.25, 0.3) is 0 Å². The van der Waals surface area contributed by atoms with E-state index in [-0.39, 0.29) is 5.91 Å². The van der Waals surface area contributed by atoms with Gasteiger partial charge in [-0.15, -0.1) is 0 Å². The molecule has 1 aromatic rings. The van der Waals surface area contributed by atoms with Crippen molar-refractivity contribution in [3.05, 3.63) is 24.3 Å². The molecule has 0 saturated heterocycles. The number of ether oxygens (including phenoxy) is 1. The molecule has 1 rings (SSSR count). The van der Waals surface area contributed by atoms with Gasteiger partial charge >= 0.3 is 0 Å². The number of carbonyl (C=O) groups is 1. The van der Waals surface area contributed by atoms with Crippen LogP contribution in [0.2, 0.25) is 0 Å². The average molecular weight is 343 g/mol. The topological polar surface area (TPSA) is 79.0 Å². The largest absolute Gasteiger partial charge is 0.497 e. The maximum atomic E-state index is 12.2. The third-order valence-corrected chi connectivity index (χ3v) is 4.52. The zero-order chi connectivity index (χ0) is 17.6. The highest BCUT2D eigenvalue weighted by Crippen LogP contribution is 2.23. The fourth-order valence-corrected chi connectivity index (χ4v) is 3.26. The van der Waals surface area contributed by atoms with Crippen molar-refractivity contribution in [3.8, 4) is 5.75 Å². The van der Waals surface area contributed by atoms with Crippen LogP contribution in [0.15, 0.2) is 24.3 Å². The molecule has 1 atom stereocenters. The fraction of sp³-hybridized carbons (Fsp3) is 0.533. The smallest absolute Gasteiger partial charge is 0.243 e. The van der Waals surface area contributed by atoms with Crippen LogP contribution in [-0.2, 0) is 14.8 Å². The second kappa shape index (κ2) is 8.16. The lowest BCUT2D eigenvalue weighted by atomic mass is 10.2. The number of carbonyl (C=O) groups excluding carboxylic acids is 1. The molecule has 0 spiro atoms. The van der Waals surface area contributed by atoms with Crippen LogP contribution in [0.4, 0.5) is 5.69 Å². The molecule has 0 bridgehead atoms. The first-order valence-electron chi connectivity index (χ1n) is 7.22. The Morgan fingerprint density at radius 2 is 1.83 bits per heavy atom. The molecular weight excluding hydrogens is 318 g/mol. The Kier molecular flexibility index (Phi) is 6.83. The van der Waals surface area contributed by atoms with Gasteiger partial charge in [-0.3, -0.25) is 9.10 Å². The number of sulfonamides is 1. The molecule has 0 saturated carbocycles. The third-order valence-electron chi connectivity index (χ3n) is 3.27. The molecule has 1 N–H and O–H groups in total. The van der Waals surface area contributed by atoms with Gasteiger partial charge in [-0.25, -0.2) is 8.42 Å². The van der Waals surface area contributed by atoms with Crippen LogP contribution in [0.5, 0.6) is 5.75 Å². The van der Waals surface area contributed by atoms with Crippen molar-refractivity contribution in [2.75, 3.05) is 44.9 Å². The second-order valence-electron chi connectivity index (χ2n) is 5.53. The van der Waals surface area contributed by atoms with E-state index in [1.165, 1.54) is 7.11 Å². The highest BCUT2D eigenvalue weighted by Gasteiger charge is 2.28. The summed E-state index contributed by atoms with van der Waals surface area (Å²) in [4.78, 5) is 14.2. The van der Waals surface area contributed by atoms with E-state index >= 15 is 0 Å². The summed E-state index contributed by atoms with van der Waals surface area (Å²) in [5, 5.41) is 2.75. The van der Waals surface area contributed by atoms with Crippen LogP contribution in [0.3, 0.4) is 0 Å². The van der Waals surface area contributed by atoms with E-state index in [4.69, 9.17) is 4.74 Å². The van der Waals surface area contributed by atoms with Gasteiger partial charge < -0.3 is 15.0 Å². The number of rotatable bonds is 8. The zero-order valence-corrected chi connectivity index (χ0v) is 15.1. The number of hydrogen-bond donors (Lipinski definition) is 1. The number of amides is 1. The summed E-state index contributed by atoms with van der Waals surface area (Å²) in [6.07, 6.45) is 1.08. The van der Waals surface area contributed by atoms with E-state index in [2.05, 4.69) is 5.32 Å². The van der Waals surface area contributed by atoms with E-state index < -0.39 is 16.1 Å². The van der Waals surface area contributed by atoms with E-state index in [0.717, 1.165) is 10.6 Å². The maximum Gasteiger partial charge on any atom is 0.243 e. The summed E-state index contributed by atoms with van der Waals surface area (Å²) in [6, 6.07) is 5.70. The van der Waals surface area contributed by atoms with Gasteiger partial charge in [-0.05, 0) is 45.3 Å². The number of nitrogens with zero attached hydrogens (tertiary/aromatic N) is 2. The molecule has 0 heterocycles. The van der Waals surface area contributed by atoms with Crippen molar-refractivity contribution in [2.24, 2.45) is 0 Å². The van der Waals surface area contributed by atoms with Gasteiger partial charge in [0, 0.05) is 13.1 Å². The SMILES string of the molecule is COc1ccc(N(C(C)C(=O)NCCN(C)C)S(C)(=O)=O)cc1. The minimum atomic E-state index is -3.60. The molecule has 1 amide bonds. The van der Waals surface area contributed by atoms with Crippen LogP contribution in [-0.4, -0.2) is 65.8 Å². The molecule has 0 aliphatic rings. The monoisotopic (exact) mass is 343 g/mol. The van der Waals surface area contributed by atoms with Crippen LogP contribution < -0.4 is 14.4 Å². The lowest BCUT2D eigenvalue weighted by Crippen LogP contribution is -2.48. The minimum absolute atomic E-state index is 0.340. The lowest BCUT2D eigenvalue weighted by molar-refractivity contribution is -0.121. The van der Waals surface area contributed by atoms with Crippen LogP contribution in [0.1, 0.15) is 6.92 Å². The fourth-order valence-electron chi connectivity index (χ4n) is 2.09. The van der Waals surface area contributed by atoms with Gasteiger partial charge in [-0.2, -0.15) is 0 Å². The minimum Gasteiger partial charge on any atom is -0.497 e. The highest BCUT2D eigenvalue weighted by atomic mass is 32.2. The second-order valence-corrected chi connectivity index (χ2v) is 7.39.